The average Bonchev–Trinajstić information content (AvgIpc) is 3.11. The molecule has 1 amide bonds. The first-order chi connectivity index (χ1) is 15.7. The Hall–Kier alpha value is -3.51. The number of rotatable bonds is 3. The average molecular weight is 425 g/mol. The van der Waals surface area contributed by atoms with Crippen molar-refractivity contribution >= 4 is 17.5 Å². The highest BCUT2D eigenvalue weighted by Gasteiger charge is 2.37. The fraction of sp³-hybridized carbons (Fsp3) is 0.269. The summed E-state index contributed by atoms with van der Waals surface area (Å²) in [5.74, 6) is 1.06. The normalized spacial score (nSPS) is 18.3. The molecule has 2 aliphatic heterocycles. The third-order valence-corrected chi connectivity index (χ3v) is 6.93. The van der Waals surface area contributed by atoms with Crippen LogP contribution in [0, 0.1) is 0 Å². The third-order valence-electron chi connectivity index (χ3n) is 6.93. The largest absolute Gasteiger partial charge is 0.354 e. The van der Waals surface area contributed by atoms with Crippen LogP contribution >= 0.6 is 0 Å². The Bertz CT molecular complexity index is 1200. The third kappa shape index (κ3) is 3.10. The SMILES string of the molecule is O=C1c2ccccc2-c2ccc(C(=O)N3CC(N4CCN(c5ccccn5)CC4)C3)cc21. The first-order valence-corrected chi connectivity index (χ1v) is 11.2. The Morgan fingerprint density at radius 2 is 1.53 bits per heavy atom. The molecule has 6 heteroatoms. The molecule has 0 bridgehead atoms. The number of hydrogen-bond donors (Lipinski definition) is 0. The molecule has 2 saturated heterocycles. The van der Waals surface area contributed by atoms with E-state index in [1.54, 1.807) is 6.07 Å². The first-order valence-electron chi connectivity index (χ1n) is 11.2. The molecule has 0 spiro atoms. The maximum absolute atomic E-state index is 13.1. The number of hydrogen-bond acceptors (Lipinski definition) is 5. The Balaban J connectivity index is 1.08. The first kappa shape index (κ1) is 19.2. The van der Waals surface area contributed by atoms with Crippen molar-refractivity contribution in [1.82, 2.24) is 14.8 Å². The Labute approximate surface area is 187 Å². The van der Waals surface area contributed by atoms with Crippen molar-refractivity contribution in [2.75, 3.05) is 44.2 Å². The van der Waals surface area contributed by atoms with Crippen LogP contribution in [0.5, 0.6) is 0 Å². The number of aromatic nitrogens is 1. The van der Waals surface area contributed by atoms with Gasteiger partial charge in [0.1, 0.15) is 5.82 Å². The van der Waals surface area contributed by atoms with Crippen molar-refractivity contribution in [2.24, 2.45) is 0 Å². The predicted octanol–water partition coefficient (Wildman–Crippen LogP) is 2.94. The van der Waals surface area contributed by atoms with Crippen molar-refractivity contribution in [1.29, 1.82) is 0 Å². The number of fused-ring (bicyclic) bond motifs is 3. The number of anilines is 1. The van der Waals surface area contributed by atoms with Crippen molar-refractivity contribution in [2.45, 2.75) is 6.04 Å². The molecule has 0 N–H and O–H groups in total. The second-order valence-corrected chi connectivity index (χ2v) is 8.71. The van der Waals surface area contributed by atoms with Gasteiger partial charge in [0.25, 0.3) is 5.91 Å². The van der Waals surface area contributed by atoms with Gasteiger partial charge in [-0.15, -0.1) is 0 Å². The van der Waals surface area contributed by atoms with E-state index in [9.17, 15) is 9.59 Å². The van der Waals surface area contributed by atoms with Gasteiger partial charge in [-0.2, -0.15) is 0 Å². The van der Waals surface area contributed by atoms with Crippen LogP contribution in [0.25, 0.3) is 11.1 Å². The number of likely N-dealkylation sites (tertiary alicyclic amines) is 1. The van der Waals surface area contributed by atoms with Gasteiger partial charge < -0.3 is 9.80 Å². The molecule has 3 aliphatic rings. The van der Waals surface area contributed by atoms with E-state index in [0.29, 0.717) is 17.2 Å². The van der Waals surface area contributed by atoms with Crippen molar-refractivity contribution in [3.63, 3.8) is 0 Å². The Kier molecular flexibility index (Phi) is 4.54. The molecule has 0 saturated carbocycles. The quantitative estimate of drug-likeness (QED) is 0.506. The number of amides is 1. The van der Waals surface area contributed by atoms with Crippen LogP contribution in [0.3, 0.4) is 0 Å². The molecule has 2 aromatic carbocycles. The number of piperazine rings is 1. The maximum Gasteiger partial charge on any atom is 0.253 e. The van der Waals surface area contributed by atoms with E-state index in [-0.39, 0.29) is 11.7 Å². The zero-order valence-corrected chi connectivity index (χ0v) is 17.8. The van der Waals surface area contributed by atoms with E-state index >= 15 is 0 Å². The molecule has 0 atom stereocenters. The van der Waals surface area contributed by atoms with Gasteiger partial charge in [-0.3, -0.25) is 14.5 Å². The number of benzene rings is 2. The highest BCUT2D eigenvalue weighted by molar-refractivity contribution is 6.22. The second kappa shape index (κ2) is 7.57. The molecule has 1 aliphatic carbocycles. The molecule has 0 unspecified atom stereocenters. The summed E-state index contributed by atoms with van der Waals surface area (Å²) in [5.41, 5.74) is 3.85. The zero-order chi connectivity index (χ0) is 21.7. The van der Waals surface area contributed by atoms with E-state index in [1.807, 2.05) is 59.6 Å². The zero-order valence-electron chi connectivity index (χ0n) is 17.8. The van der Waals surface area contributed by atoms with E-state index < -0.39 is 0 Å². The minimum Gasteiger partial charge on any atom is -0.354 e. The molecule has 6 rings (SSSR count). The van der Waals surface area contributed by atoms with E-state index in [1.165, 1.54) is 0 Å². The van der Waals surface area contributed by atoms with Crippen molar-refractivity contribution in [3.8, 4) is 11.1 Å². The van der Waals surface area contributed by atoms with Gasteiger partial charge in [-0.1, -0.05) is 36.4 Å². The van der Waals surface area contributed by atoms with Crippen LogP contribution in [0.4, 0.5) is 5.82 Å². The van der Waals surface area contributed by atoms with Gasteiger partial charge in [-0.05, 0) is 35.4 Å². The minimum absolute atomic E-state index is 0.0116. The maximum atomic E-state index is 13.1. The summed E-state index contributed by atoms with van der Waals surface area (Å²) in [5, 5.41) is 0. The van der Waals surface area contributed by atoms with Crippen molar-refractivity contribution in [3.05, 3.63) is 83.6 Å². The number of carbonyl (C=O) groups excluding carboxylic acids is 2. The molecular formula is C26H24N4O2. The van der Waals surface area contributed by atoms with E-state index in [0.717, 1.165) is 61.8 Å². The predicted molar refractivity (Wildman–Crippen MR) is 123 cm³/mol. The monoisotopic (exact) mass is 424 g/mol. The lowest BCUT2D eigenvalue weighted by atomic mass is 10.00. The smallest absolute Gasteiger partial charge is 0.253 e. The van der Waals surface area contributed by atoms with Crippen LogP contribution in [0.2, 0.25) is 0 Å². The van der Waals surface area contributed by atoms with E-state index in [4.69, 9.17) is 0 Å². The van der Waals surface area contributed by atoms with Gasteiger partial charge in [-0.25, -0.2) is 4.98 Å². The highest BCUT2D eigenvalue weighted by atomic mass is 16.2. The summed E-state index contributed by atoms with van der Waals surface area (Å²) >= 11 is 0. The standard InChI is InChI=1S/C26H24N4O2/c31-25-22-6-2-1-5-20(22)21-9-8-18(15-23(21)25)26(32)30-16-19(17-30)28-11-13-29(14-12-28)24-7-3-4-10-27-24/h1-10,15,19H,11-14,16-17H2. The lowest BCUT2D eigenvalue weighted by Crippen LogP contribution is -2.64. The Morgan fingerprint density at radius 3 is 2.28 bits per heavy atom. The lowest BCUT2D eigenvalue weighted by Gasteiger charge is -2.48. The van der Waals surface area contributed by atoms with Crippen LogP contribution in [-0.2, 0) is 0 Å². The number of nitrogens with zero attached hydrogens (tertiary/aromatic N) is 4. The summed E-state index contributed by atoms with van der Waals surface area (Å²) in [6.45, 7) is 5.36. The molecule has 3 aromatic rings. The van der Waals surface area contributed by atoms with Gasteiger partial charge in [0.2, 0.25) is 0 Å². The van der Waals surface area contributed by atoms with E-state index in [2.05, 4.69) is 20.9 Å². The molecule has 0 radical (unpaired) electrons. The lowest BCUT2D eigenvalue weighted by molar-refractivity contribution is 0.0246. The number of ketones is 1. The topological polar surface area (TPSA) is 56.8 Å². The number of carbonyl (C=O) groups is 2. The fourth-order valence-electron chi connectivity index (χ4n) is 5.05. The van der Waals surface area contributed by atoms with Gasteiger partial charge >= 0.3 is 0 Å². The summed E-state index contributed by atoms with van der Waals surface area (Å²) in [6.07, 6.45) is 1.84. The molecule has 6 nitrogen and oxygen atoms in total. The summed E-state index contributed by atoms with van der Waals surface area (Å²) in [7, 11) is 0. The summed E-state index contributed by atoms with van der Waals surface area (Å²) < 4.78 is 0. The Morgan fingerprint density at radius 1 is 0.812 bits per heavy atom. The fourth-order valence-corrected chi connectivity index (χ4v) is 5.05. The van der Waals surface area contributed by atoms with Gasteiger partial charge in [0.05, 0.1) is 0 Å². The molecule has 3 heterocycles. The minimum atomic E-state index is 0.0116. The van der Waals surface area contributed by atoms with Gasteiger partial charge in [0.15, 0.2) is 5.78 Å². The molecule has 1 aromatic heterocycles. The van der Waals surface area contributed by atoms with Crippen LogP contribution < -0.4 is 4.90 Å². The summed E-state index contributed by atoms with van der Waals surface area (Å²) in [4.78, 5) is 37.0. The van der Waals surface area contributed by atoms with Crippen LogP contribution in [-0.4, -0.2) is 71.8 Å². The molecular weight excluding hydrogens is 400 g/mol. The second-order valence-electron chi connectivity index (χ2n) is 8.71. The molecule has 2 fully saturated rings. The van der Waals surface area contributed by atoms with Crippen LogP contribution in [0.1, 0.15) is 26.3 Å². The van der Waals surface area contributed by atoms with Crippen molar-refractivity contribution < 1.29 is 9.59 Å². The summed E-state index contributed by atoms with van der Waals surface area (Å²) in [6, 6.07) is 19.6. The molecule has 32 heavy (non-hydrogen) atoms. The number of pyridine rings is 1. The van der Waals surface area contributed by atoms with Crippen LogP contribution in [0.15, 0.2) is 66.9 Å². The van der Waals surface area contributed by atoms with Gasteiger partial charge in [0, 0.05) is 68.2 Å². The molecule has 160 valence electrons. The highest BCUT2D eigenvalue weighted by Crippen LogP contribution is 2.37.